The largest absolute Gasteiger partial charge is 0.496 e. The van der Waals surface area contributed by atoms with E-state index in [-0.39, 0.29) is 11.3 Å². The van der Waals surface area contributed by atoms with Crippen LogP contribution in [0, 0.1) is 0 Å². The van der Waals surface area contributed by atoms with E-state index in [9.17, 15) is 13.2 Å². The first-order valence-electron chi connectivity index (χ1n) is 11.5. The summed E-state index contributed by atoms with van der Waals surface area (Å²) in [7, 11) is 1.09. The summed E-state index contributed by atoms with van der Waals surface area (Å²) in [5.74, 6) is 0.312. The molecule has 186 valence electrons. The maximum absolute atomic E-state index is 13.1. The van der Waals surface area contributed by atoms with Gasteiger partial charge in [0.05, 0.1) is 19.3 Å². The van der Waals surface area contributed by atoms with Gasteiger partial charge in [0.15, 0.2) is 0 Å². The Morgan fingerprint density at radius 3 is 2.47 bits per heavy atom. The molecular formula is C25H35N3O5S. The van der Waals surface area contributed by atoms with Crippen LogP contribution in [0.4, 0.5) is 0 Å². The van der Waals surface area contributed by atoms with Gasteiger partial charge in [0.2, 0.25) is 0 Å². The highest BCUT2D eigenvalue weighted by Crippen LogP contribution is 2.36. The molecule has 1 heterocycles. The van der Waals surface area contributed by atoms with Crippen molar-refractivity contribution in [2.24, 2.45) is 0 Å². The van der Waals surface area contributed by atoms with Crippen molar-refractivity contribution in [2.45, 2.75) is 24.7 Å². The molecule has 3 rings (SSSR count). The number of methoxy groups -OCH3 is 2. The van der Waals surface area contributed by atoms with E-state index in [1.165, 1.54) is 4.31 Å². The molecule has 0 saturated carbocycles. The number of rotatable bonds is 10. The average molecular weight is 490 g/mol. The van der Waals surface area contributed by atoms with Crippen molar-refractivity contribution in [3.05, 3.63) is 65.7 Å². The SMILES string of the molecule is COCCN(C)S(=O)(=O)N1CCCC(CNC(=O)c2ccccc2OC)(c2ccccc2)CC1. The van der Waals surface area contributed by atoms with E-state index in [0.29, 0.717) is 56.9 Å². The second-order valence-electron chi connectivity index (χ2n) is 8.60. The lowest BCUT2D eigenvalue weighted by Gasteiger charge is -2.34. The number of nitrogens with zero attached hydrogens (tertiary/aromatic N) is 2. The second-order valence-corrected chi connectivity index (χ2v) is 10.6. The van der Waals surface area contributed by atoms with E-state index in [4.69, 9.17) is 9.47 Å². The number of para-hydroxylation sites is 1. The zero-order chi connectivity index (χ0) is 24.6. The summed E-state index contributed by atoms with van der Waals surface area (Å²) in [4.78, 5) is 13.0. The van der Waals surface area contributed by atoms with Crippen molar-refractivity contribution < 1.29 is 22.7 Å². The molecule has 1 atom stereocenters. The summed E-state index contributed by atoms with van der Waals surface area (Å²) >= 11 is 0. The van der Waals surface area contributed by atoms with Gasteiger partial charge in [-0.1, -0.05) is 42.5 Å². The number of ether oxygens (including phenoxy) is 2. The number of amides is 1. The van der Waals surface area contributed by atoms with Gasteiger partial charge in [0.25, 0.3) is 16.1 Å². The summed E-state index contributed by atoms with van der Waals surface area (Å²) in [6.45, 7) is 1.86. The lowest BCUT2D eigenvalue weighted by molar-refractivity contribution is 0.0937. The summed E-state index contributed by atoms with van der Waals surface area (Å²) < 4.78 is 39.5. The van der Waals surface area contributed by atoms with Gasteiger partial charge < -0.3 is 14.8 Å². The van der Waals surface area contributed by atoms with Gasteiger partial charge in [0.1, 0.15) is 5.75 Å². The van der Waals surface area contributed by atoms with E-state index >= 15 is 0 Å². The zero-order valence-corrected chi connectivity index (χ0v) is 21.0. The lowest BCUT2D eigenvalue weighted by atomic mass is 9.74. The lowest BCUT2D eigenvalue weighted by Crippen LogP contribution is -2.45. The molecule has 1 fully saturated rings. The first-order valence-corrected chi connectivity index (χ1v) is 12.9. The van der Waals surface area contributed by atoms with E-state index in [1.807, 2.05) is 24.3 Å². The number of carbonyl (C=O) groups excluding carboxylic acids is 1. The molecule has 2 aromatic carbocycles. The normalized spacial score (nSPS) is 19.5. The topological polar surface area (TPSA) is 88.2 Å². The van der Waals surface area contributed by atoms with Crippen LogP contribution in [-0.4, -0.2) is 77.0 Å². The van der Waals surface area contributed by atoms with Crippen LogP contribution in [0.2, 0.25) is 0 Å². The maximum atomic E-state index is 13.1. The molecule has 0 bridgehead atoms. The van der Waals surface area contributed by atoms with Crippen LogP contribution in [0.5, 0.6) is 5.75 Å². The third kappa shape index (κ3) is 5.96. The molecule has 1 aliphatic rings. The molecule has 1 unspecified atom stereocenters. The molecule has 0 aromatic heterocycles. The fourth-order valence-corrected chi connectivity index (χ4v) is 5.85. The first kappa shape index (κ1) is 26.2. The standard InChI is InChI=1S/C25H35N3O5S/c1-27(18-19-32-2)34(30,31)28-16-9-14-25(15-17-28,21-10-5-4-6-11-21)20-26-24(29)22-12-7-8-13-23(22)33-3/h4-8,10-13H,9,14-20H2,1-3H3,(H,26,29). The highest BCUT2D eigenvalue weighted by atomic mass is 32.2. The summed E-state index contributed by atoms with van der Waals surface area (Å²) in [6.07, 6.45) is 2.05. The van der Waals surface area contributed by atoms with Crippen LogP contribution in [0.25, 0.3) is 0 Å². The molecule has 1 N–H and O–H groups in total. The van der Waals surface area contributed by atoms with Crippen molar-refractivity contribution in [1.82, 2.24) is 13.9 Å². The minimum absolute atomic E-state index is 0.208. The van der Waals surface area contributed by atoms with Crippen LogP contribution >= 0.6 is 0 Å². The monoisotopic (exact) mass is 489 g/mol. The predicted molar refractivity (Wildman–Crippen MR) is 132 cm³/mol. The Hall–Kier alpha value is -2.46. The summed E-state index contributed by atoms with van der Waals surface area (Å²) in [5, 5.41) is 3.10. The van der Waals surface area contributed by atoms with Gasteiger partial charge in [0, 0.05) is 45.8 Å². The average Bonchev–Trinajstić information content (AvgIpc) is 3.10. The van der Waals surface area contributed by atoms with Gasteiger partial charge in [-0.05, 0) is 37.0 Å². The Labute approximate surface area is 203 Å². The third-order valence-electron chi connectivity index (χ3n) is 6.56. The fourth-order valence-electron chi connectivity index (χ4n) is 4.47. The Morgan fingerprint density at radius 1 is 1.06 bits per heavy atom. The summed E-state index contributed by atoms with van der Waals surface area (Å²) in [6, 6.07) is 17.2. The van der Waals surface area contributed by atoms with Gasteiger partial charge >= 0.3 is 0 Å². The molecule has 34 heavy (non-hydrogen) atoms. The van der Waals surface area contributed by atoms with Crippen molar-refractivity contribution in [3.8, 4) is 5.75 Å². The van der Waals surface area contributed by atoms with Gasteiger partial charge in [-0.25, -0.2) is 0 Å². The molecule has 0 aliphatic carbocycles. The Bertz CT molecular complexity index is 1050. The molecule has 1 aliphatic heterocycles. The number of carbonyl (C=O) groups is 1. The van der Waals surface area contributed by atoms with E-state index in [2.05, 4.69) is 17.4 Å². The van der Waals surface area contributed by atoms with Crippen LogP contribution in [0.1, 0.15) is 35.2 Å². The minimum atomic E-state index is -3.59. The molecule has 1 amide bonds. The van der Waals surface area contributed by atoms with E-state index < -0.39 is 10.2 Å². The Kier molecular flexibility index (Phi) is 9.07. The molecule has 0 radical (unpaired) electrons. The van der Waals surface area contributed by atoms with Crippen LogP contribution in [-0.2, 0) is 20.4 Å². The number of likely N-dealkylation sites (N-methyl/N-ethyl adjacent to an activating group) is 1. The molecule has 2 aromatic rings. The zero-order valence-electron chi connectivity index (χ0n) is 20.2. The minimum Gasteiger partial charge on any atom is -0.496 e. The smallest absolute Gasteiger partial charge is 0.281 e. The van der Waals surface area contributed by atoms with Crippen LogP contribution < -0.4 is 10.1 Å². The molecular weight excluding hydrogens is 454 g/mol. The fraction of sp³-hybridized carbons (Fsp3) is 0.480. The van der Waals surface area contributed by atoms with Gasteiger partial charge in [-0.3, -0.25) is 4.79 Å². The van der Waals surface area contributed by atoms with E-state index in [1.54, 1.807) is 43.8 Å². The summed E-state index contributed by atoms with van der Waals surface area (Å²) in [5.41, 5.74) is 1.20. The quantitative estimate of drug-likeness (QED) is 0.554. The Balaban J connectivity index is 1.81. The molecule has 9 heteroatoms. The number of hydrogen-bond acceptors (Lipinski definition) is 5. The highest BCUT2D eigenvalue weighted by Gasteiger charge is 2.38. The van der Waals surface area contributed by atoms with Gasteiger partial charge in [-0.2, -0.15) is 17.0 Å². The third-order valence-corrected chi connectivity index (χ3v) is 8.55. The van der Waals surface area contributed by atoms with Crippen molar-refractivity contribution in [2.75, 3.05) is 54.1 Å². The van der Waals surface area contributed by atoms with Crippen LogP contribution in [0.3, 0.4) is 0 Å². The maximum Gasteiger partial charge on any atom is 0.281 e. The molecule has 8 nitrogen and oxygen atoms in total. The predicted octanol–water partition coefficient (Wildman–Crippen LogP) is 2.67. The first-order chi connectivity index (χ1) is 16.3. The van der Waals surface area contributed by atoms with Crippen molar-refractivity contribution in [1.29, 1.82) is 0 Å². The number of nitrogens with one attached hydrogen (secondary N) is 1. The second kappa shape index (κ2) is 11.8. The van der Waals surface area contributed by atoms with E-state index in [0.717, 1.165) is 12.0 Å². The van der Waals surface area contributed by atoms with Crippen LogP contribution in [0.15, 0.2) is 54.6 Å². The highest BCUT2D eigenvalue weighted by molar-refractivity contribution is 7.86. The number of hydrogen-bond donors (Lipinski definition) is 1. The van der Waals surface area contributed by atoms with Crippen molar-refractivity contribution in [3.63, 3.8) is 0 Å². The number of benzene rings is 2. The van der Waals surface area contributed by atoms with Gasteiger partial charge in [-0.15, -0.1) is 0 Å². The Morgan fingerprint density at radius 2 is 1.76 bits per heavy atom. The molecule has 0 spiro atoms. The van der Waals surface area contributed by atoms with Crippen molar-refractivity contribution >= 4 is 16.1 Å². The molecule has 1 saturated heterocycles.